The van der Waals surface area contributed by atoms with Crippen LogP contribution in [0, 0.1) is 18.3 Å². The molecule has 0 heterocycles. The molecule has 0 saturated carbocycles. The first-order chi connectivity index (χ1) is 6.17. The van der Waals surface area contributed by atoms with E-state index in [1.807, 2.05) is 13.8 Å². The lowest BCUT2D eigenvalue weighted by Gasteiger charge is -2.24. The second-order valence-corrected chi connectivity index (χ2v) is 3.38. The molecule has 0 radical (unpaired) electrons. The van der Waals surface area contributed by atoms with Crippen LogP contribution in [0.3, 0.4) is 0 Å². The van der Waals surface area contributed by atoms with Crippen LogP contribution in [0.5, 0.6) is 0 Å². The molecule has 2 unspecified atom stereocenters. The number of hydrogen-bond acceptors (Lipinski definition) is 2. The van der Waals surface area contributed by atoms with Gasteiger partial charge in [0.05, 0.1) is 12.2 Å². The van der Waals surface area contributed by atoms with Gasteiger partial charge < -0.3 is 10.2 Å². The summed E-state index contributed by atoms with van der Waals surface area (Å²) in [5.74, 6) is 2.65. The Balaban J connectivity index is 3.92. The van der Waals surface area contributed by atoms with E-state index in [0.717, 1.165) is 12.8 Å². The van der Waals surface area contributed by atoms with Gasteiger partial charge in [0, 0.05) is 6.42 Å². The highest BCUT2D eigenvalue weighted by atomic mass is 16.3. The fourth-order valence-electron chi connectivity index (χ4n) is 1.49. The first kappa shape index (κ1) is 12.5. The summed E-state index contributed by atoms with van der Waals surface area (Å²) in [7, 11) is 0. The van der Waals surface area contributed by atoms with Crippen molar-refractivity contribution in [2.24, 2.45) is 5.92 Å². The van der Waals surface area contributed by atoms with Crippen molar-refractivity contribution in [2.75, 3.05) is 0 Å². The fourth-order valence-corrected chi connectivity index (χ4v) is 1.49. The average Bonchev–Trinajstić information content (AvgIpc) is 2.15. The summed E-state index contributed by atoms with van der Waals surface area (Å²) in [6.45, 7) is 4.04. The maximum atomic E-state index is 9.69. The van der Waals surface area contributed by atoms with E-state index in [1.165, 1.54) is 0 Å². The van der Waals surface area contributed by atoms with Crippen LogP contribution in [-0.4, -0.2) is 22.4 Å². The standard InChI is InChI=1S/C11H20O2/c1-4-7-8-10(12)11(13)9(5-2)6-3/h1,9-13H,5-8H2,2-3H3. The molecule has 2 atom stereocenters. The van der Waals surface area contributed by atoms with Crippen LogP contribution >= 0.6 is 0 Å². The summed E-state index contributed by atoms with van der Waals surface area (Å²) in [6, 6.07) is 0. The van der Waals surface area contributed by atoms with Crippen LogP contribution in [0.1, 0.15) is 39.5 Å². The van der Waals surface area contributed by atoms with Gasteiger partial charge in [-0.05, 0) is 12.3 Å². The van der Waals surface area contributed by atoms with Gasteiger partial charge in [0.25, 0.3) is 0 Å². The zero-order chi connectivity index (χ0) is 10.3. The monoisotopic (exact) mass is 184 g/mol. The van der Waals surface area contributed by atoms with Crippen molar-refractivity contribution >= 4 is 0 Å². The van der Waals surface area contributed by atoms with E-state index < -0.39 is 12.2 Å². The highest BCUT2D eigenvalue weighted by Gasteiger charge is 2.22. The molecule has 0 aromatic carbocycles. The summed E-state index contributed by atoms with van der Waals surface area (Å²) >= 11 is 0. The van der Waals surface area contributed by atoms with Crippen molar-refractivity contribution in [1.82, 2.24) is 0 Å². The van der Waals surface area contributed by atoms with Crippen LogP contribution in [0.2, 0.25) is 0 Å². The summed E-state index contributed by atoms with van der Waals surface area (Å²) < 4.78 is 0. The number of rotatable bonds is 6. The second-order valence-electron chi connectivity index (χ2n) is 3.38. The first-order valence-corrected chi connectivity index (χ1v) is 4.96. The third-order valence-electron chi connectivity index (χ3n) is 2.51. The van der Waals surface area contributed by atoms with E-state index in [2.05, 4.69) is 5.92 Å². The Kier molecular flexibility index (Phi) is 6.66. The van der Waals surface area contributed by atoms with Crippen molar-refractivity contribution < 1.29 is 10.2 Å². The van der Waals surface area contributed by atoms with E-state index >= 15 is 0 Å². The van der Waals surface area contributed by atoms with Gasteiger partial charge in [-0.25, -0.2) is 0 Å². The summed E-state index contributed by atoms with van der Waals surface area (Å²) in [5, 5.41) is 19.2. The molecule has 2 nitrogen and oxygen atoms in total. The number of aliphatic hydroxyl groups is 2. The molecule has 2 heteroatoms. The molecule has 0 aromatic rings. The third kappa shape index (κ3) is 4.31. The number of aliphatic hydroxyl groups excluding tert-OH is 2. The Hall–Kier alpha value is -0.520. The summed E-state index contributed by atoms with van der Waals surface area (Å²) in [4.78, 5) is 0. The van der Waals surface area contributed by atoms with Crippen LogP contribution < -0.4 is 0 Å². The Labute approximate surface area is 81.0 Å². The predicted octanol–water partition coefficient (Wildman–Crippen LogP) is 1.56. The van der Waals surface area contributed by atoms with Crippen LogP contribution in [0.4, 0.5) is 0 Å². The van der Waals surface area contributed by atoms with Crippen molar-refractivity contribution in [3.63, 3.8) is 0 Å². The van der Waals surface area contributed by atoms with E-state index in [-0.39, 0.29) is 5.92 Å². The minimum atomic E-state index is -0.666. The maximum absolute atomic E-state index is 9.69. The zero-order valence-corrected chi connectivity index (χ0v) is 8.53. The molecule has 76 valence electrons. The van der Waals surface area contributed by atoms with Gasteiger partial charge in [0.15, 0.2) is 0 Å². The molecule has 0 saturated heterocycles. The molecule has 0 fully saturated rings. The summed E-state index contributed by atoms with van der Waals surface area (Å²) in [5.41, 5.74) is 0. The minimum Gasteiger partial charge on any atom is -0.390 e. The normalized spacial score (nSPS) is 15.4. The van der Waals surface area contributed by atoms with Gasteiger partial charge in [-0.3, -0.25) is 0 Å². The van der Waals surface area contributed by atoms with E-state index in [4.69, 9.17) is 6.42 Å². The zero-order valence-electron chi connectivity index (χ0n) is 8.53. The van der Waals surface area contributed by atoms with E-state index in [1.54, 1.807) is 0 Å². The van der Waals surface area contributed by atoms with E-state index in [9.17, 15) is 10.2 Å². The van der Waals surface area contributed by atoms with Gasteiger partial charge in [-0.15, -0.1) is 12.3 Å². The Morgan fingerprint density at radius 1 is 1.23 bits per heavy atom. The van der Waals surface area contributed by atoms with Crippen LogP contribution in [0.15, 0.2) is 0 Å². The second kappa shape index (κ2) is 6.94. The van der Waals surface area contributed by atoms with Gasteiger partial charge in [0.2, 0.25) is 0 Å². The highest BCUT2D eigenvalue weighted by molar-refractivity contribution is 4.86. The topological polar surface area (TPSA) is 40.5 Å². The predicted molar refractivity (Wildman–Crippen MR) is 54.2 cm³/mol. The van der Waals surface area contributed by atoms with Gasteiger partial charge >= 0.3 is 0 Å². The molecule has 2 N–H and O–H groups in total. The lowest BCUT2D eigenvalue weighted by molar-refractivity contribution is -0.0223. The first-order valence-electron chi connectivity index (χ1n) is 4.96. The van der Waals surface area contributed by atoms with Crippen molar-refractivity contribution in [1.29, 1.82) is 0 Å². The van der Waals surface area contributed by atoms with Gasteiger partial charge in [0.1, 0.15) is 0 Å². The molecule has 13 heavy (non-hydrogen) atoms. The molecule has 0 amide bonds. The van der Waals surface area contributed by atoms with Crippen LogP contribution in [-0.2, 0) is 0 Å². The smallest absolute Gasteiger partial charge is 0.0827 e. The summed E-state index contributed by atoms with van der Waals surface area (Å²) in [6.07, 6.45) is 6.60. The fraction of sp³-hybridized carbons (Fsp3) is 0.818. The Morgan fingerprint density at radius 2 is 1.77 bits per heavy atom. The number of hydrogen-bond donors (Lipinski definition) is 2. The molecule has 0 aliphatic carbocycles. The molecular weight excluding hydrogens is 164 g/mol. The van der Waals surface area contributed by atoms with Gasteiger partial charge in [-0.2, -0.15) is 0 Å². The highest BCUT2D eigenvalue weighted by Crippen LogP contribution is 2.18. The van der Waals surface area contributed by atoms with Gasteiger partial charge in [-0.1, -0.05) is 26.7 Å². The Bertz CT molecular complexity index is 156. The minimum absolute atomic E-state index is 0.188. The quantitative estimate of drug-likeness (QED) is 0.615. The van der Waals surface area contributed by atoms with Crippen molar-refractivity contribution in [3.8, 4) is 12.3 Å². The maximum Gasteiger partial charge on any atom is 0.0827 e. The molecular formula is C11H20O2. The molecule has 0 aliphatic heterocycles. The molecule has 0 spiro atoms. The average molecular weight is 184 g/mol. The molecule has 0 rings (SSSR count). The lowest BCUT2D eigenvalue weighted by atomic mass is 9.91. The molecule has 0 aliphatic rings. The SMILES string of the molecule is C#CCCC(O)C(O)C(CC)CC. The van der Waals surface area contributed by atoms with Crippen molar-refractivity contribution in [2.45, 2.75) is 51.7 Å². The lowest BCUT2D eigenvalue weighted by Crippen LogP contribution is -2.32. The third-order valence-corrected chi connectivity index (χ3v) is 2.51. The number of terminal acetylenes is 1. The Morgan fingerprint density at radius 3 is 2.15 bits per heavy atom. The van der Waals surface area contributed by atoms with E-state index in [0.29, 0.717) is 12.8 Å². The molecule has 0 bridgehead atoms. The van der Waals surface area contributed by atoms with Crippen LogP contribution in [0.25, 0.3) is 0 Å². The van der Waals surface area contributed by atoms with Crippen molar-refractivity contribution in [3.05, 3.63) is 0 Å². The largest absolute Gasteiger partial charge is 0.390 e. The molecule has 0 aromatic heterocycles.